The minimum Gasteiger partial charge on any atom is -0.462 e. The van der Waals surface area contributed by atoms with Gasteiger partial charge in [0.15, 0.2) is 0 Å². The predicted octanol–water partition coefficient (Wildman–Crippen LogP) is 17.4. The van der Waals surface area contributed by atoms with Gasteiger partial charge in [0.25, 0.3) is 5.91 Å². The number of hydrogen-bond acceptors (Lipinski definition) is 9. The summed E-state index contributed by atoms with van der Waals surface area (Å²) < 4.78 is 11.7. The first-order valence-electron chi connectivity index (χ1n) is 31.1. The number of carbonyl (C=O) groups excluding carboxylic acids is 5. The van der Waals surface area contributed by atoms with Crippen molar-refractivity contribution in [3.05, 3.63) is 20.9 Å². The van der Waals surface area contributed by atoms with E-state index >= 15 is 0 Å². The maximum Gasteiger partial charge on any atom is 0.306 e. The molecular weight excluding hydrogens is 943 g/mol. The van der Waals surface area contributed by atoms with Crippen molar-refractivity contribution in [3.63, 3.8) is 0 Å². The lowest BCUT2D eigenvalue weighted by molar-refractivity contribution is -0.151. The van der Waals surface area contributed by atoms with Crippen molar-refractivity contribution < 1.29 is 33.4 Å². The molecule has 1 N–H and O–H groups in total. The van der Waals surface area contributed by atoms with Crippen LogP contribution in [0.15, 0.2) is 0 Å². The molecule has 0 saturated carbocycles. The maximum absolute atomic E-state index is 13.0. The molecule has 74 heavy (non-hydrogen) atoms. The van der Waals surface area contributed by atoms with Crippen LogP contribution in [0.2, 0.25) is 0 Å². The summed E-state index contributed by atoms with van der Waals surface area (Å²) in [6.45, 7) is 21.6. The Balaban J connectivity index is 0. The SMILES string of the molecule is CC.CC.CCCCCCCCC(CCCCCCCC)OC(=O)CCCCC(=O)N1CCc2c(sc(C)c2C(=O)NCCN(C)C)C1.CCCCCCCCC(CCCCCCCC)OC(=O)CCCCC=O. The van der Waals surface area contributed by atoms with E-state index in [9.17, 15) is 24.0 Å². The Morgan fingerprint density at radius 2 is 0.973 bits per heavy atom. The normalized spacial score (nSPS) is 11.8. The molecule has 2 amide bonds. The summed E-state index contributed by atoms with van der Waals surface area (Å²) in [4.78, 5) is 67.1. The smallest absolute Gasteiger partial charge is 0.306 e. The molecule has 0 bridgehead atoms. The predicted molar refractivity (Wildman–Crippen MR) is 316 cm³/mol. The van der Waals surface area contributed by atoms with Crippen LogP contribution in [-0.2, 0) is 41.6 Å². The number of amides is 2. The van der Waals surface area contributed by atoms with Crippen molar-refractivity contribution in [1.29, 1.82) is 0 Å². The van der Waals surface area contributed by atoms with Crippen LogP contribution >= 0.6 is 11.3 Å². The zero-order chi connectivity index (χ0) is 55.5. The molecule has 0 unspecified atom stereocenters. The highest BCUT2D eigenvalue weighted by Gasteiger charge is 2.28. The van der Waals surface area contributed by atoms with Crippen molar-refractivity contribution >= 4 is 41.4 Å². The highest BCUT2D eigenvalue weighted by molar-refractivity contribution is 7.12. The first kappa shape index (κ1) is 73.3. The summed E-state index contributed by atoms with van der Waals surface area (Å²) in [6.07, 6.45) is 40.9. The van der Waals surface area contributed by atoms with Gasteiger partial charge in [-0.25, -0.2) is 0 Å². The van der Waals surface area contributed by atoms with Crippen LogP contribution in [0.5, 0.6) is 0 Å². The second kappa shape index (κ2) is 53.6. The fourth-order valence-electron chi connectivity index (χ4n) is 9.36. The van der Waals surface area contributed by atoms with Crippen LogP contribution in [0.25, 0.3) is 0 Å². The third-order valence-electron chi connectivity index (χ3n) is 13.7. The van der Waals surface area contributed by atoms with Gasteiger partial charge in [-0.2, -0.15) is 0 Å². The van der Waals surface area contributed by atoms with Gasteiger partial charge in [-0.05, 0) is 110 Å². The van der Waals surface area contributed by atoms with E-state index in [1.165, 1.54) is 141 Å². The molecule has 0 aliphatic carbocycles. The van der Waals surface area contributed by atoms with Crippen molar-refractivity contribution in [2.45, 2.75) is 319 Å². The minimum atomic E-state index is -0.104. The summed E-state index contributed by atoms with van der Waals surface area (Å²) >= 11 is 1.64. The maximum atomic E-state index is 13.0. The van der Waals surface area contributed by atoms with Gasteiger partial charge in [0.05, 0.1) is 12.1 Å². The summed E-state index contributed by atoms with van der Waals surface area (Å²) in [5.74, 6) is -0.0453. The van der Waals surface area contributed by atoms with Crippen molar-refractivity contribution in [2.75, 3.05) is 33.7 Å². The molecule has 434 valence electrons. The van der Waals surface area contributed by atoms with Crippen LogP contribution in [0, 0.1) is 6.92 Å². The number of aldehydes is 1. The molecule has 0 aromatic carbocycles. The fraction of sp³-hybridized carbons (Fsp3) is 0.857. The number of nitrogens with zero attached hydrogens (tertiary/aromatic N) is 2. The molecule has 0 atom stereocenters. The van der Waals surface area contributed by atoms with Crippen LogP contribution in [0.3, 0.4) is 0 Å². The van der Waals surface area contributed by atoms with E-state index in [4.69, 9.17) is 9.47 Å². The lowest BCUT2D eigenvalue weighted by Gasteiger charge is -2.27. The minimum absolute atomic E-state index is 0.00491. The Bertz CT molecular complexity index is 1450. The lowest BCUT2D eigenvalue weighted by Crippen LogP contribution is -2.36. The average molecular weight is 1060 g/mol. The number of nitrogens with one attached hydrogen (secondary N) is 1. The topological polar surface area (TPSA) is 122 Å². The standard InChI is InChI=1S/C36H63N3O4S.C23H44O3.2C2H6/c1-6-8-10-12-14-16-20-30(21-17-15-13-11-9-7-2)43-34(41)23-19-18-22-33(40)39-26-24-31-32(28-39)44-29(3)35(31)36(42)37-25-27-38(4)5;1-3-5-7-9-11-14-18-22(19-15-12-10-8-6-4-2)26-23(25)20-16-13-17-21-24;2*1-2/h30H,6-28H2,1-5H3,(H,37,42);21-22H,3-20H2,1-2H3;2*1-2H3. The number of ether oxygens (including phenoxy) is 2. The van der Waals surface area contributed by atoms with E-state index < -0.39 is 0 Å². The van der Waals surface area contributed by atoms with Crippen LogP contribution in [0.4, 0.5) is 0 Å². The Morgan fingerprint density at radius 3 is 1.38 bits per heavy atom. The van der Waals surface area contributed by atoms with Crippen molar-refractivity contribution in [3.8, 4) is 0 Å². The van der Waals surface area contributed by atoms with Gasteiger partial charge in [0, 0.05) is 55.1 Å². The molecule has 1 aromatic heterocycles. The Labute approximate surface area is 461 Å². The van der Waals surface area contributed by atoms with E-state index in [1.54, 1.807) is 11.3 Å². The monoisotopic (exact) mass is 1060 g/mol. The highest BCUT2D eigenvalue weighted by Crippen LogP contribution is 2.33. The number of hydrogen-bond donors (Lipinski definition) is 1. The zero-order valence-corrected chi connectivity index (χ0v) is 51.2. The Kier molecular flexibility index (Phi) is 53.1. The average Bonchev–Trinajstić information content (AvgIpc) is 3.74. The van der Waals surface area contributed by atoms with Crippen LogP contribution < -0.4 is 5.32 Å². The van der Waals surface area contributed by atoms with Gasteiger partial charge in [0.2, 0.25) is 5.91 Å². The van der Waals surface area contributed by atoms with E-state index in [-0.39, 0.29) is 36.0 Å². The molecule has 1 aliphatic rings. The molecule has 10 nitrogen and oxygen atoms in total. The number of thiophene rings is 1. The first-order chi connectivity index (χ1) is 36.0. The van der Waals surface area contributed by atoms with E-state index in [1.807, 2.05) is 58.5 Å². The molecule has 1 aromatic rings. The Hall–Kier alpha value is -2.79. The highest BCUT2D eigenvalue weighted by atomic mass is 32.1. The quantitative estimate of drug-likeness (QED) is 0.0389. The lowest BCUT2D eigenvalue weighted by atomic mass is 10.0. The van der Waals surface area contributed by atoms with Gasteiger partial charge < -0.3 is 29.4 Å². The van der Waals surface area contributed by atoms with E-state index in [2.05, 4.69) is 33.0 Å². The molecule has 0 radical (unpaired) electrons. The molecular formula is C63H119N3O7S. The molecule has 2 rings (SSSR count). The number of esters is 2. The Morgan fingerprint density at radius 1 is 0.581 bits per heavy atom. The van der Waals surface area contributed by atoms with Crippen LogP contribution in [-0.4, -0.2) is 85.8 Å². The number of unbranched alkanes of at least 4 members (excludes halogenated alkanes) is 23. The van der Waals surface area contributed by atoms with Crippen LogP contribution in [0.1, 0.15) is 312 Å². The molecule has 2 heterocycles. The fourth-order valence-corrected chi connectivity index (χ4v) is 10.6. The van der Waals surface area contributed by atoms with E-state index in [0.29, 0.717) is 64.6 Å². The number of likely N-dealkylation sites (N-methyl/N-ethyl adjacent to an activating group) is 1. The number of fused-ring (bicyclic) bond motifs is 1. The van der Waals surface area contributed by atoms with E-state index in [0.717, 1.165) is 85.1 Å². The second-order valence-electron chi connectivity index (χ2n) is 20.6. The van der Waals surface area contributed by atoms with Gasteiger partial charge in [-0.3, -0.25) is 19.2 Å². The van der Waals surface area contributed by atoms with Gasteiger partial charge in [0.1, 0.15) is 18.5 Å². The van der Waals surface area contributed by atoms with Crippen molar-refractivity contribution in [1.82, 2.24) is 15.1 Å². The zero-order valence-electron chi connectivity index (χ0n) is 50.4. The number of carbonyl (C=O) groups is 5. The van der Waals surface area contributed by atoms with Crippen molar-refractivity contribution in [2.24, 2.45) is 0 Å². The largest absolute Gasteiger partial charge is 0.462 e. The summed E-state index contributed by atoms with van der Waals surface area (Å²) in [5, 5.41) is 3.04. The number of rotatable bonds is 44. The molecule has 11 heteroatoms. The molecule has 0 fully saturated rings. The third-order valence-corrected chi connectivity index (χ3v) is 14.9. The van der Waals surface area contributed by atoms with Gasteiger partial charge in [-0.1, -0.05) is 184 Å². The molecule has 1 aliphatic heterocycles. The van der Waals surface area contributed by atoms with Gasteiger partial charge in [-0.15, -0.1) is 11.3 Å². The summed E-state index contributed by atoms with van der Waals surface area (Å²) in [5.41, 5.74) is 1.92. The summed E-state index contributed by atoms with van der Waals surface area (Å²) in [7, 11) is 3.98. The molecule has 0 spiro atoms. The molecule has 0 saturated heterocycles. The second-order valence-corrected chi connectivity index (χ2v) is 21.9. The van der Waals surface area contributed by atoms with Gasteiger partial charge >= 0.3 is 11.9 Å². The third kappa shape index (κ3) is 40.5. The number of aryl methyl sites for hydroxylation is 1. The summed E-state index contributed by atoms with van der Waals surface area (Å²) in [6, 6.07) is 0. The first-order valence-corrected chi connectivity index (χ1v) is 32.0.